The van der Waals surface area contributed by atoms with E-state index in [1.54, 1.807) is 11.6 Å². The molecular weight excluding hydrogens is 218 g/mol. The van der Waals surface area contributed by atoms with Crippen molar-refractivity contribution in [2.45, 2.75) is 12.5 Å². The van der Waals surface area contributed by atoms with Gasteiger partial charge in [-0.05, 0) is 25.1 Å². The number of imidazole rings is 1. The second-order valence-electron chi connectivity index (χ2n) is 4.40. The highest BCUT2D eigenvalue weighted by Gasteiger charge is 2.16. The molecule has 2 aromatic rings. The van der Waals surface area contributed by atoms with Crippen molar-refractivity contribution in [3.05, 3.63) is 28.7 Å². The summed E-state index contributed by atoms with van der Waals surface area (Å²) in [4.78, 5) is 14.2. The van der Waals surface area contributed by atoms with Gasteiger partial charge in [0.1, 0.15) is 11.9 Å². The summed E-state index contributed by atoms with van der Waals surface area (Å²) in [6, 6.07) is 5.69. The third-order valence-corrected chi connectivity index (χ3v) is 3.19. The fraction of sp³-hybridized carbons (Fsp3) is 0.417. The van der Waals surface area contributed by atoms with Gasteiger partial charge >= 0.3 is 5.69 Å². The molecular formula is C12H15N3O2. The number of ether oxygens (including phenoxy) is 1. The van der Waals surface area contributed by atoms with Gasteiger partial charge in [0, 0.05) is 19.7 Å². The zero-order chi connectivity index (χ0) is 11.8. The summed E-state index contributed by atoms with van der Waals surface area (Å²) >= 11 is 0. The molecule has 5 heteroatoms. The van der Waals surface area contributed by atoms with Crippen LogP contribution in [0.3, 0.4) is 0 Å². The third-order valence-electron chi connectivity index (χ3n) is 3.19. The molecule has 0 spiro atoms. The summed E-state index contributed by atoms with van der Waals surface area (Å²) in [5.74, 6) is 0.820. The molecule has 90 valence electrons. The molecule has 1 aliphatic heterocycles. The SMILES string of the molecule is Cn1c(=O)[nH]c2ccc(OC3CCNC3)cc21. The topological polar surface area (TPSA) is 59.0 Å². The van der Waals surface area contributed by atoms with Crippen LogP contribution < -0.4 is 15.7 Å². The Balaban J connectivity index is 1.95. The first-order valence-corrected chi connectivity index (χ1v) is 5.80. The van der Waals surface area contributed by atoms with E-state index in [1.807, 2.05) is 18.2 Å². The minimum absolute atomic E-state index is 0.0975. The Morgan fingerprint density at radius 3 is 3.12 bits per heavy atom. The van der Waals surface area contributed by atoms with Crippen LogP contribution in [-0.2, 0) is 7.05 Å². The Morgan fingerprint density at radius 2 is 2.35 bits per heavy atom. The third kappa shape index (κ3) is 1.82. The van der Waals surface area contributed by atoms with E-state index in [-0.39, 0.29) is 11.8 Å². The average molecular weight is 233 g/mol. The maximum absolute atomic E-state index is 11.5. The zero-order valence-electron chi connectivity index (χ0n) is 9.69. The maximum Gasteiger partial charge on any atom is 0.326 e. The van der Waals surface area contributed by atoms with Crippen LogP contribution in [0.1, 0.15) is 6.42 Å². The lowest BCUT2D eigenvalue weighted by Gasteiger charge is -2.12. The van der Waals surface area contributed by atoms with Crippen LogP contribution in [0.2, 0.25) is 0 Å². The first-order valence-electron chi connectivity index (χ1n) is 5.80. The smallest absolute Gasteiger partial charge is 0.326 e. The summed E-state index contributed by atoms with van der Waals surface area (Å²) in [6.07, 6.45) is 1.27. The Morgan fingerprint density at radius 1 is 1.47 bits per heavy atom. The largest absolute Gasteiger partial charge is 0.489 e. The van der Waals surface area contributed by atoms with Gasteiger partial charge in [-0.1, -0.05) is 0 Å². The second kappa shape index (κ2) is 3.92. The lowest BCUT2D eigenvalue weighted by molar-refractivity contribution is 0.223. The van der Waals surface area contributed by atoms with E-state index in [0.29, 0.717) is 0 Å². The highest BCUT2D eigenvalue weighted by atomic mass is 16.5. The molecule has 1 aromatic heterocycles. The number of nitrogens with one attached hydrogen (secondary N) is 2. The predicted octanol–water partition coefficient (Wildman–Crippen LogP) is 0.607. The molecule has 1 aliphatic rings. The van der Waals surface area contributed by atoms with E-state index in [0.717, 1.165) is 36.3 Å². The van der Waals surface area contributed by atoms with Crippen LogP contribution in [0.15, 0.2) is 23.0 Å². The van der Waals surface area contributed by atoms with Crippen molar-refractivity contribution in [1.29, 1.82) is 0 Å². The maximum atomic E-state index is 11.5. The summed E-state index contributed by atoms with van der Waals surface area (Å²) in [5.41, 5.74) is 1.62. The number of aromatic amines is 1. The molecule has 0 radical (unpaired) electrons. The molecule has 0 saturated carbocycles. The average Bonchev–Trinajstić information content (AvgIpc) is 2.91. The van der Waals surface area contributed by atoms with Crippen molar-refractivity contribution in [2.24, 2.45) is 7.05 Å². The van der Waals surface area contributed by atoms with Gasteiger partial charge in [0.05, 0.1) is 11.0 Å². The number of hydrogen-bond acceptors (Lipinski definition) is 3. The summed E-state index contributed by atoms with van der Waals surface area (Å²) in [7, 11) is 1.75. The van der Waals surface area contributed by atoms with Crippen LogP contribution in [0, 0.1) is 0 Å². The number of aromatic nitrogens is 2. The monoisotopic (exact) mass is 233 g/mol. The minimum atomic E-state index is -0.0975. The Labute approximate surface area is 98.4 Å². The number of H-pyrrole nitrogens is 1. The molecule has 17 heavy (non-hydrogen) atoms. The fourth-order valence-electron chi connectivity index (χ4n) is 2.20. The van der Waals surface area contributed by atoms with Gasteiger partial charge in [0.2, 0.25) is 0 Å². The van der Waals surface area contributed by atoms with Crippen LogP contribution in [-0.4, -0.2) is 28.7 Å². The molecule has 1 aromatic carbocycles. The molecule has 2 N–H and O–H groups in total. The number of aryl methyl sites for hydroxylation is 1. The Bertz CT molecular complexity index is 593. The molecule has 1 atom stereocenters. The summed E-state index contributed by atoms with van der Waals surface area (Å²) in [5, 5.41) is 3.26. The molecule has 5 nitrogen and oxygen atoms in total. The molecule has 3 rings (SSSR count). The van der Waals surface area contributed by atoms with Crippen LogP contribution in [0.25, 0.3) is 11.0 Å². The first-order chi connectivity index (χ1) is 8.24. The van der Waals surface area contributed by atoms with Gasteiger partial charge in [-0.3, -0.25) is 4.57 Å². The van der Waals surface area contributed by atoms with Crippen molar-refractivity contribution in [3.8, 4) is 5.75 Å². The van der Waals surface area contributed by atoms with Gasteiger partial charge in [-0.2, -0.15) is 0 Å². The lowest BCUT2D eigenvalue weighted by Crippen LogP contribution is -2.19. The number of nitrogens with zero attached hydrogens (tertiary/aromatic N) is 1. The van der Waals surface area contributed by atoms with E-state index >= 15 is 0 Å². The highest BCUT2D eigenvalue weighted by molar-refractivity contribution is 5.76. The summed E-state index contributed by atoms with van der Waals surface area (Å²) in [6.45, 7) is 1.90. The first kappa shape index (κ1) is 10.4. The molecule has 2 heterocycles. The van der Waals surface area contributed by atoms with Gasteiger partial charge in [-0.15, -0.1) is 0 Å². The van der Waals surface area contributed by atoms with Gasteiger partial charge in [0.15, 0.2) is 0 Å². The molecule has 1 saturated heterocycles. The van der Waals surface area contributed by atoms with E-state index < -0.39 is 0 Å². The van der Waals surface area contributed by atoms with Crippen molar-refractivity contribution in [1.82, 2.24) is 14.9 Å². The fourth-order valence-corrected chi connectivity index (χ4v) is 2.20. The molecule has 1 unspecified atom stereocenters. The van der Waals surface area contributed by atoms with Crippen molar-refractivity contribution in [2.75, 3.05) is 13.1 Å². The van der Waals surface area contributed by atoms with E-state index in [2.05, 4.69) is 10.3 Å². The Kier molecular flexibility index (Phi) is 2.40. The number of hydrogen-bond donors (Lipinski definition) is 2. The molecule has 0 amide bonds. The summed E-state index contributed by atoms with van der Waals surface area (Å²) < 4.78 is 7.45. The van der Waals surface area contributed by atoms with Crippen LogP contribution in [0.4, 0.5) is 0 Å². The van der Waals surface area contributed by atoms with Gasteiger partial charge in [-0.25, -0.2) is 4.79 Å². The van der Waals surface area contributed by atoms with Crippen LogP contribution >= 0.6 is 0 Å². The van der Waals surface area contributed by atoms with Gasteiger partial charge in [0.25, 0.3) is 0 Å². The number of benzene rings is 1. The number of fused-ring (bicyclic) bond motifs is 1. The van der Waals surface area contributed by atoms with Crippen molar-refractivity contribution in [3.63, 3.8) is 0 Å². The Hall–Kier alpha value is -1.75. The van der Waals surface area contributed by atoms with E-state index in [4.69, 9.17) is 4.74 Å². The zero-order valence-corrected chi connectivity index (χ0v) is 9.69. The van der Waals surface area contributed by atoms with Gasteiger partial charge < -0.3 is 15.0 Å². The van der Waals surface area contributed by atoms with E-state index in [1.165, 1.54) is 0 Å². The second-order valence-corrected chi connectivity index (χ2v) is 4.40. The quantitative estimate of drug-likeness (QED) is 0.799. The molecule has 0 aliphatic carbocycles. The lowest BCUT2D eigenvalue weighted by atomic mass is 10.2. The molecule has 1 fully saturated rings. The van der Waals surface area contributed by atoms with Crippen LogP contribution in [0.5, 0.6) is 5.75 Å². The predicted molar refractivity (Wildman–Crippen MR) is 65.4 cm³/mol. The molecule has 0 bridgehead atoms. The number of rotatable bonds is 2. The van der Waals surface area contributed by atoms with Crippen molar-refractivity contribution >= 4 is 11.0 Å². The highest BCUT2D eigenvalue weighted by Crippen LogP contribution is 2.20. The van der Waals surface area contributed by atoms with Crippen molar-refractivity contribution < 1.29 is 4.74 Å². The minimum Gasteiger partial charge on any atom is -0.489 e. The van der Waals surface area contributed by atoms with E-state index in [9.17, 15) is 4.79 Å². The normalized spacial score (nSPS) is 19.9. The standard InChI is InChI=1S/C12H15N3O2/c1-15-11-6-8(17-9-4-5-13-7-9)2-3-10(11)14-12(15)16/h2-3,6,9,13H,4-5,7H2,1H3,(H,14,16).